The molecule has 1 fully saturated rings. The topological polar surface area (TPSA) is 38.5 Å². The first kappa shape index (κ1) is 14.8. The van der Waals surface area contributed by atoms with Crippen molar-refractivity contribution in [2.45, 2.75) is 38.0 Å². The Labute approximate surface area is 120 Å². The fourth-order valence-electron chi connectivity index (χ4n) is 2.92. The molecule has 0 amide bonds. The maximum Gasteiger partial charge on any atom is 0.0595 e. The summed E-state index contributed by atoms with van der Waals surface area (Å²) in [7, 11) is 1.79. The second-order valence-electron chi connectivity index (χ2n) is 5.30. The molecule has 0 spiro atoms. The minimum absolute atomic E-state index is 0.0546. The lowest BCUT2D eigenvalue weighted by Crippen LogP contribution is -2.45. The van der Waals surface area contributed by atoms with Crippen molar-refractivity contribution in [3.8, 4) is 0 Å². The van der Waals surface area contributed by atoms with Crippen molar-refractivity contribution in [3.05, 3.63) is 34.9 Å². The zero-order valence-electron chi connectivity index (χ0n) is 11.7. The molecule has 1 aliphatic heterocycles. The number of halogens is 1. The molecule has 2 N–H and O–H groups in total. The molecule has 1 saturated heterocycles. The average Bonchev–Trinajstić information content (AvgIpc) is 2.42. The maximum absolute atomic E-state index is 6.33. The van der Waals surface area contributed by atoms with Gasteiger partial charge in [0.1, 0.15) is 0 Å². The first-order chi connectivity index (χ1) is 9.13. The Morgan fingerprint density at radius 2 is 1.95 bits per heavy atom. The Bertz CT molecular complexity index is 403. The quantitative estimate of drug-likeness (QED) is 0.923. The number of benzene rings is 1. The van der Waals surface area contributed by atoms with Crippen LogP contribution in [0.15, 0.2) is 24.3 Å². The standard InChI is InChI=1S/C15H23ClN2O/c1-11(17)15(13-5-3-4-6-14(13)16)18-9-7-12(19-2)8-10-18/h3-6,11-12,15H,7-10,17H2,1-2H3. The Kier molecular flexibility index (Phi) is 5.22. The summed E-state index contributed by atoms with van der Waals surface area (Å²) in [4.78, 5) is 2.43. The van der Waals surface area contributed by atoms with Crippen LogP contribution >= 0.6 is 11.6 Å². The molecule has 106 valence electrons. The third-order valence-electron chi connectivity index (χ3n) is 3.93. The highest BCUT2D eigenvalue weighted by Crippen LogP contribution is 2.31. The van der Waals surface area contributed by atoms with Crippen molar-refractivity contribution >= 4 is 11.6 Å². The summed E-state index contributed by atoms with van der Waals surface area (Å²) >= 11 is 6.33. The molecular weight excluding hydrogens is 260 g/mol. The number of hydrogen-bond donors (Lipinski definition) is 1. The monoisotopic (exact) mass is 282 g/mol. The highest BCUT2D eigenvalue weighted by Gasteiger charge is 2.29. The van der Waals surface area contributed by atoms with E-state index in [1.54, 1.807) is 7.11 Å². The van der Waals surface area contributed by atoms with Crippen molar-refractivity contribution in [2.75, 3.05) is 20.2 Å². The highest BCUT2D eigenvalue weighted by atomic mass is 35.5. The second kappa shape index (κ2) is 6.71. The van der Waals surface area contributed by atoms with E-state index in [2.05, 4.69) is 17.9 Å². The maximum atomic E-state index is 6.33. The molecular formula is C15H23ClN2O. The highest BCUT2D eigenvalue weighted by molar-refractivity contribution is 6.31. The van der Waals surface area contributed by atoms with Crippen LogP contribution in [0.5, 0.6) is 0 Å². The van der Waals surface area contributed by atoms with Crippen molar-refractivity contribution < 1.29 is 4.74 Å². The third kappa shape index (κ3) is 3.48. The Balaban J connectivity index is 2.16. The Morgan fingerprint density at radius 3 is 2.47 bits per heavy atom. The predicted molar refractivity (Wildman–Crippen MR) is 79.4 cm³/mol. The fourth-order valence-corrected chi connectivity index (χ4v) is 3.16. The lowest BCUT2D eigenvalue weighted by molar-refractivity contribution is 0.0234. The number of nitrogens with two attached hydrogens (primary N) is 1. The summed E-state index contributed by atoms with van der Waals surface area (Å²) < 4.78 is 5.43. The molecule has 0 aliphatic carbocycles. The van der Waals surface area contributed by atoms with Crippen LogP contribution in [0.4, 0.5) is 0 Å². The number of likely N-dealkylation sites (tertiary alicyclic amines) is 1. The van der Waals surface area contributed by atoms with Gasteiger partial charge in [0, 0.05) is 31.3 Å². The van der Waals surface area contributed by atoms with E-state index in [0.717, 1.165) is 36.5 Å². The van der Waals surface area contributed by atoms with E-state index in [1.165, 1.54) is 0 Å². The van der Waals surface area contributed by atoms with Crippen molar-refractivity contribution in [1.82, 2.24) is 4.90 Å². The van der Waals surface area contributed by atoms with Crippen LogP contribution in [0.25, 0.3) is 0 Å². The largest absolute Gasteiger partial charge is 0.381 e. The van der Waals surface area contributed by atoms with Gasteiger partial charge < -0.3 is 10.5 Å². The minimum Gasteiger partial charge on any atom is -0.381 e. The normalized spacial score (nSPS) is 21.3. The number of methoxy groups -OCH3 is 1. The van der Waals surface area contributed by atoms with Gasteiger partial charge in [-0.25, -0.2) is 0 Å². The van der Waals surface area contributed by atoms with Gasteiger partial charge in [0.2, 0.25) is 0 Å². The lowest BCUT2D eigenvalue weighted by atomic mass is 9.96. The van der Waals surface area contributed by atoms with E-state index in [-0.39, 0.29) is 12.1 Å². The zero-order chi connectivity index (χ0) is 13.8. The molecule has 1 aromatic carbocycles. The number of hydrogen-bond acceptors (Lipinski definition) is 3. The molecule has 2 atom stereocenters. The molecule has 0 radical (unpaired) electrons. The van der Waals surface area contributed by atoms with Crippen LogP contribution in [0.2, 0.25) is 5.02 Å². The van der Waals surface area contributed by atoms with E-state index in [0.29, 0.717) is 6.10 Å². The summed E-state index contributed by atoms with van der Waals surface area (Å²) in [6.07, 6.45) is 2.50. The van der Waals surface area contributed by atoms with Gasteiger partial charge in [-0.15, -0.1) is 0 Å². The predicted octanol–water partition coefficient (Wildman–Crippen LogP) is 2.84. The summed E-state index contributed by atoms with van der Waals surface area (Å²) in [5, 5.41) is 0.804. The Morgan fingerprint density at radius 1 is 1.32 bits per heavy atom. The Hall–Kier alpha value is -0.610. The number of piperidine rings is 1. The average molecular weight is 283 g/mol. The first-order valence-electron chi connectivity index (χ1n) is 6.90. The summed E-state index contributed by atoms with van der Waals surface area (Å²) in [5.41, 5.74) is 7.34. The van der Waals surface area contributed by atoms with Crippen molar-refractivity contribution in [3.63, 3.8) is 0 Å². The molecule has 3 nitrogen and oxygen atoms in total. The molecule has 2 rings (SSSR count). The van der Waals surface area contributed by atoms with Gasteiger partial charge in [-0.05, 0) is 31.4 Å². The SMILES string of the molecule is COC1CCN(C(c2ccccc2Cl)C(C)N)CC1. The van der Waals surface area contributed by atoms with Crippen LogP contribution in [0, 0.1) is 0 Å². The molecule has 0 aromatic heterocycles. The van der Waals surface area contributed by atoms with E-state index in [9.17, 15) is 0 Å². The third-order valence-corrected chi connectivity index (χ3v) is 4.27. The molecule has 1 heterocycles. The summed E-state index contributed by atoms with van der Waals surface area (Å²) in [6.45, 7) is 4.07. The van der Waals surface area contributed by atoms with E-state index >= 15 is 0 Å². The number of rotatable bonds is 4. The van der Waals surface area contributed by atoms with Crippen LogP contribution in [-0.4, -0.2) is 37.2 Å². The van der Waals surface area contributed by atoms with Gasteiger partial charge in [-0.3, -0.25) is 4.90 Å². The summed E-state index contributed by atoms with van der Waals surface area (Å²) in [6, 6.07) is 8.25. The lowest BCUT2D eigenvalue weighted by Gasteiger charge is -2.39. The van der Waals surface area contributed by atoms with Crippen LogP contribution in [-0.2, 0) is 4.74 Å². The van der Waals surface area contributed by atoms with Gasteiger partial charge in [-0.1, -0.05) is 29.8 Å². The molecule has 2 unspecified atom stereocenters. The number of nitrogens with zero attached hydrogens (tertiary/aromatic N) is 1. The minimum atomic E-state index is 0.0546. The van der Waals surface area contributed by atoms with E-state index in [1.807, 2.05) is 18.2 Å². The smallest absolute Gasteiger partial charge is 0.0595 e. The van der Waals surface area contributed by atoms with Crippen LogP contribution in [0.1, 0.15) is 31.4 Å². The van der Waals surface area contributed by atoms with E-state index < -0.39 is 0 Å². The number of ether oxygens (including phenoxy) is 1. The molecule has 4 heteroatoms. The summed E-state index contributed by atoms with van der Waals surface area (Å²) in [5.74, 6) is 0. The second-order valence-corrected chi connectivity index (χ2v) is 5.70. The molecule has 0 bridgehead atoms. The van der Waals surface area contributed by atoms with Crippen molar-refractivity contribution in [1.29, 1.82) is 0 Å². The van der Waals surface area contributed by atoms with Gasteiger partial charge >= 0.3 is 0 Å². The van der Waals surface area contributed by atoms with Gasteiger partial charge in [0.15, 0.2) is 0 Å². The zero-order valence-corrected chi connectivity index (χ0v) is 12.4. The van der Waals surface area contributed by atoms with E-state index in [4.69, 9.17) is 22.1 Å². The molecule has 0 saturated carbocycles. The van der Waals surface area contributed by atoms with Crippen molar-refractivity contribution in [2.24, 2.45) is 5.73 Å². The van der Waals surface area contributed by atoms with Gasteiger partial charge in [0.25, 0.3) is 0 Å². The molecule has 1 aliphatic rings. The van der Waals surface area contributed by atoms with Crippen LogP contribution in [0.3, 0.4) is 0 Å². The first-order valence-corrected chi connectivity index (χ1v) is 7.28. The fraction of sp³-hybridized carbons (Fsp3) is 0.600. The van der Waals surface area contributed by atoms with Gasteiger partial charge in [-0.2, -0.15) is 0 Å². The molecule has 1 aromatic rings. The molecule has 19 heavy (non-hydrogen) atoms. The van der Waals surface area contributed by atoms with Crippen LogP contribution < -0.4 is 5.73 Å². The van der Waals surface area contributed by atoms with Gasteiger partial charge in [0.05, 0.1) is 12.1 Å².